The van der Waals surface area contributed by atoms with Crippen LogP contribution < -0.4 is 5.32 Å². The van der Waals surface area contributed by atoms with Gasteiger partial charge in [0.25, 0.3) is 0 Å². The van der Waals surface area contributed by atoms with Crippen molar-refractivity contribution in [2.45, 2.75) is 26.2 Å². The highest BCUT2D eigenvalue weighted by Crippen LogP contribution is 2.29. The summed E-state index contributed by atoms with van der Waals surface area (Å²) in [6.45, 7) is 3.23. The van der Waals surface area contributed by atoms with Gasteiger partial charge in [-0.3, -0.25) is 0 Å². The monoisotopic (exact) mass is 328 g/mol. The van der Waals surface area contributed by atoms with Gasteiger partial charge in [-0.25, -0.2) is 9.78 Å². The number of hydrogen-bond donors (Lipinski definition) is 1. The van der Waals surface area contributed by atoms with E-state index in [0.29, 0.717) is 12.2 Å². The molecule has 0 aliphatic carbocycles. The van der Waals surface area contributed by atoms with Crippen LogP contribution in [0.25, 0.3) is 12.2 Å². The van der Waals surface area contributed by atoms with Gasteiger partial charge in [-0.15, -0.1) is 0 Å². The molecule has 1 aliphatic rings. The Hall–Kier alpha value is -2.14. The maximum absolute atomic E-state index is 11.6. The van der Waals surface area contributed by atoms with E-state index in [9.17, 15) is 4.79 Å². The smallest absolute Gasteiger partial charge is 0.338 e. The Balaban J connectivity index is 1.69. The number of esters is 1. The summed E-state index contributed by atoms with van der Waals surface area (Å²) in [5.74, 6) is -0.280. The van der Waals surface area contributed by atoms with E-state index >= 15 is 0 Å². The lowest BCUT2D eigenvalue weighted by Gasteiger charge is -2.01. The van der Waals surface area contributed by atoms with Gasteiger partial charge in [-0.1, -0.05) is 29.5 Å². The quantitative estimate of drug-likeness (QED) is 0.853. The lowest BCUT2D eigenvalue weighted by molar-refractivity contribution is 0.0526. The minimum Gasteiger partial charge on any atom is -0.462 e. The number of carbonyl (C=O) groups is 1. The zero-order valence-electron chi connectivity index (χ0n) is 13.2. The Kier molecular flexibility index (Phi) is 5.08. The molecule has 0 unspecified atom stereocenters. The fourth-order valence-corrected chi connectivity index (χ4v) is 3.42. The zero-order valence-corrected chi connectivity index (χ0v) is 14.0. The van der Waals surface area contributed by atoms with Crippen LogP contribution in [0.4, 0.5) is 5.00 Å². The molecule has 23 heavy (non-hydrogen) atoms. The highest BCUT2D eigenvalue weighted by molar-refractivity contribution is 7.16. The van der Waals surface area contributed by atoms with E-state index in [-0.39, 0.29) is 5.97 Å². The average molecular weight is 328 g/mol. The molecule has 1 aromatic carbocycles. The van der Waals surface area contributed by atoms with Gasteiger partial charge < -0.3 is 10.1 Å². The zero-order chi connectivity index (χ0) is 16.1. The molecular formula is C18H20N2O2S. The third-order valence-electron chi connectivity index (χ3n) is 3.68. The number of nitrogens with one attached hydrogen (secondary N) is 1. The Labute approximate surface area is 140 Å². The van der Waals surface area contributed by atoms with Crippen molar-refractivity contribution in [3.8, 4) is 0 Å². The molecule has 0 radical (unpaired) electrons. The van der Waals surface area contributed by atoms with E-state index in [4.69, 9.17) is 9.72 Å². The van der Waals surface area contributed by atoms with Crippen molar-refractivity contribution in [2.75, 3.05) is 18.5 Å². The minimum atomic E-state index is -0.280. The van der Waals surface area contributed by atoms with Crippen molar-refractivity contribution in [3.63, 3.8) is 0 Å². The number of fused-ring (bicyclic) bond motifs is 1. The molecule has 0 saturated heterocycles. The lowest BCUT2D eigenvalue weighted by Crippen LogP contribution is -2.03. The predicted molar refractivity (Wildman–Crippen MR) is 94.9 cm³/mol. The summed E-state index contributed by atoms with van der Waals surface area (Å²) in [6, 6.07) is 7.41. The number of anilines is 1. The van der Waals surface area contributed by atoms with E-state index in [1.165, 1.54) is 23.5 Å². The molecule has 0 bridgehead atoms. The molecule has 120 valence electrons. The summed E-state index contributed by atoms with van der Waals surface area (Å²) in [5.41, 5.74) is 2.80. The summed E-state index contributed by atoms with van der Waals surface area (Å²) in [6.07, 6.45) is 7.51. The number of aryl methyl sites for hydroxylation is 1. The first-order chi connectivity index (χ1) is 11.3. The Morgan fingerprint density at radius 2 is 2.13 bits per heavy atom. The van der Waals surface area contributed by atoms with Gasteiger partial charge in [0, 0.05) is 6.54 Å². The minimum absolute atomic E-state index is 0.280. The largest absolute Gasteiger partial charge is 0.462 e. The molecule has 1 aromatic heterocycles. The number of aromatic nitrogens is 1. The maximum atomic E-state index is 11.6. The highest BCUT2D eigenvalue weighted by atomic mass is 32.1. The molecule has 2 heterocycles. The van der Waals surface area contributed by atoms with Crippen LogP contribution in [0.1, 0.15) is 46.4 Å². The third kappa shape index (κ3) is 3.99. The number of ether oxygens (including phenoxy) is 1. The number of thiazole rings is 1. The molecule has 3 rings (SSSR count). The van der Waals surface area contributed by atoms with E-state index in [2.05, 4.69) is 5.32 Å². The summed E-state index contributed by atoms with van der Waals surface area (Å²) in [5, 5.41) is 5.67. The summed E-state index contributed by atoms with van der Waals surface area (Å²) in [4.78, 5) is 16.3. The summed E-state index contributed by atoms with van der Waals surface area (Å²) >= 11 is 1.70. The van der Waals surface area contributed by atoms with E-state index in [0.717, 1.165) is 23.5 Å². The molecule has 0 fully saturated rings. The van der Waals surface area contributed by atoms with Crippen molar-refractivity contribution in [1.82, 2.24) is 4.98 Å². The van der Waals surface area contributed by atoms with Crippen LogP contribution in [0, 0.1) is 0 Å². The van der Waals surface area contributed by atoms with Crippen molar-refractivity contribution < 1.29 is 9.53 Å². The summed E-state index contributed by atoms with van der Waals surface area (Å²) < 4.78 is 4.98. The molecule has 1 aliphatic heterocycles. The van der Waals surface area contributed by atoms with E-state index in [1.54, 1.807) is 30.4 Å². The van der Waals surface area contributed by atoms with Crippen LogP contribution in [0.15, 0.2) is 24.3 Å². The number of hydrogen-bond acceptors (Lipinski definition) is 5. The normalized spacial score (nSPS) is 14.1. The van der Waals surface area contributed by atoms with Crippen LogP contribution in [-0.2, 0) is 11.2 Å². The molecule has 2 aromatic rings. The van der Waals surface area contributed by atoms with E-state index < -0.39 is 0 Å². The molecule has 0 saturated carbocycles. The topological polar surface area (TPSA) is 51.2 Å². The number of benzene rings is 1. The second-order valence-corrected chi connectivity index (χ2v) is 6.42. The standard InChI is InChI=1S/C18H20N2O2S/c1-2-22-18(21)14-9-6-13(7-10-14)8-11-16-20-15-5-3-4-12-19-17(15)23-16/h6-11,19H,2-5,12H2,1H3. The lowest BCUT2D eigenvalue weighted by atomic mass is 10.1. The Morgan fingerprint density at radius 1 is 1.30 bits per heavy atom. The van der Waals surface area contributed by atoms with Crippen LogP contribution in [0.5, 0.6) is 0 Å². The fraction of sp³-hybridized carbons (Fsp3) is 0.333. The van der Waals surface area contributed by atoms with Crippen molar-refractivity contribution in [1.29, 1.82) is 0 Å². The molecule has 0 amide bonds. The van der Waals surface area contributed by atoms with Gasteiger partial charge in [0.05, 0.1) is 17.9 Å². The average Bonchev–Trinajstić information content (AvgIpc) is 2.83. The molecular weight excluding hydrogens is 308 g/mol. The molecule has 5 heteroatoms. The predicted octanol–water partition coefficient (Wildman–Crippen LogP) is 4.24. The SMILES string of the molecule is CCOC(=O)c1ccc(C=Cc2nc3c(s2)NCCCC3)cc1. The first-order valence-corrected chi connectivity index (χ1v) is 8.77. The molecule has 1 N–H and O–H groups in total. The van der Waals surface area contributed by atoms with Crippen LogP contribution in [-0.4, -0.2) is 24.1 Å². The second kappa shape index (κ2) is 7.42. The van der Waals surface area contributed by atoms with Gasteiger partial charge in [0.2, 0.25) is 0 Å². The van der Waals surface area contributed by atoms with Crippen LogP contribution >= 0.6 is 11.3 Å². The van der Waals surface area contributed by atoms with Gasteiger partial charge in [0.15, 0.2) is 0 Å². The van der Waals surface area contributed by atoms with Gasteiger partial charge >= 0.3 is 5.97 Å². The number of nitrogens with zero attached hydrogens (tertiary/aromatic N) is 1. The molecule has 0 spiro atoms. The van der Waals surface area contributed by atoms with Gasteiger partial charge in [-0.2, -0.15) is 0 Å². The molecule has 4 nitrogen and oxygen atoms in total. The molecule has 0 atom stereocenters. The number of rotatable bonds is 4. The van der Waals surface area contributed by atoms with Crippen molar-refractivity contribution in [3.05, 3.63) is 46.1 Å². The van der Waals surface area contributed by atoms with Gasteiger partial charge in [-0.05, 0) is 50.0 Å². The van der Waals surface area contributed by atoms with Crippen LogP contribution in [0.2, 0.25) is 0 Å². The van der Waals surface area contributed by atoms with Crippen molar-refractivity contribution in [2.24, 2.45) is 0 Å². The maximum Gasteiger partial charge on any atom is 0.338 e. The fourth-order valence-electron chi connectivity index (χ4n) is 2.48. The Bertz CT molecular complexity index is 681. The van der Waals surface area contributed by atoms with E-state index in [1.807, 2.05) is 24.3 Å². The summed E-state index contributed by atoms with van der Waals surface area (Å²) in [7, 11) is 0. The second-order valence-electron chi connectivity index (χ2n) is 5.39. The van der Waals surface area contributed by atoms with Gasteiger partial charge in [0.1, 0.15) is 10.0 Å². The highest BCUT2D eigenvalue weighted by Gasteiger charge is 2.12. The van der Waals surface area contributed by atoms with Crippen LogP contribution in [0.3, 0.4) is 0 Å². The Morgan fingerprint density at radius 3 is 2.91 bits per heavy atom. The first kappa shape index (κ1) is 15.7. The third-order valence-corrected chi connectivity index (χ3v) is 4.70. The van der Waals surface area contributed by atoms with Crippen molar-refractivity contribution >= 4 is 34.5 Å². The first-order valence-electron chi connectivity index (χ1n) is 7.95. The number of carbonyl (C=O) groups excluding carboxylic acids is 1.